The first-order valence-corrected chi connectivity index (χ1v) is 3.13. The van der Waals surface area contributed by atoms with Gasteiger partial charge in [-0.2, -0.15) is 0 Å². The largest absolute Gasteiger partial charge is 1.00 e. The van der Waals surface area contributed by atoms with Crippen LogP contribution >= 0.6 is 0 Å². The number of carboxylic acid groups (broad SMARTS) is 2. The number of hydrogen-bond donors (Lipinski definition) is 2. The normalized spacial score (nSPS) is 5.71. The molecule has 0 saturated carbocycles. The van der Waals surface area contributed by atoms with E-state index < -0.39 is 11.9 Å². The summed E-state index contributed by atoms with van der Waals surface area (Å²) in [4.78, 5) is 17.8. The van der Waals surface area contributed by atoms with E-state index in [1.165, 1.54) is 0 Å². The van der Waals surface area contributed by atoms with Crippen LogP contribution in [0.4, 0.5) is 0 Å². The van der Waals surface area contributed by atoms with Crippen LogP contribution in [-0.2, 0) is 9.59 Å². The second kappa shape index (κ2) is 29.4. The van der Waals surface area contributed by atoms with E-state index in [4.69, 9.17) is 31.3 Å². The molecule has 8 heteroatoms. The Morgan fingerprint density at radius 3 is 1.00 bits per heavy atom. The fraction of sp³-hybridized carbons (Fsp3) is 0.667. The molecule has 0 aromatic carbocycles. The molecule has 0 rings (SSSR count). The third kappa shape index (κ3) is 248. The van der Waals surface area contributed by atoms with Crippen molar-refractivity contribution in [2.45, 2.75) is 13.8 Å². The van der Waals surface area contributed by atoms with Crippen molar-refractivity contribution in [2.24, 2.45) is 11.5 Å². The summed E-state index contributed by atoms with van der Waals surface area (Å²) >= 11 is 0. The van der Waals surface area contributed by atoms with Crippen molar-refractivity contribution in [2.75, 3.05) is 13.1 Å². The van der Waals surface area contributed by atoms with Gasteiger partial charge in [-0.15, -0.1) is 0 Å². The van der Waals surface area contributed by atoms with Gasteiger partial charge in [-0.3, -0.25) is 0 Å². The molecule has 0 fully saturated rings. The second-order valence-corrected chi connectivity index (χ2v) is 1.56. The average Bonchev–Trinajstić information content (AvgIpc) is 1.85. The van der Waals surface area contributed by atoms with Crippen LogP contribution in [0.5, 0.6) is 0 Å². The van der Waals surface area contributed by atoms with E-state index >= 15 is 0 Å². The maximum atomic E-state index is 8.89. The number of rotatable bonds is 1. The van der Waals surface area contributed by atoms with Crippen LogP contribution in [0.25, 0.3) is 0 Å². The third-order valence-corrected chi connectivity index (χ3v) is 0.167. The van der Waals surface area contributed by atoms with Crippen molar-refractivity contribution < 1.29 is 123 Å². The van der Waals surface area contributed by atoms with E-state index in [2.05, 4.69) is 0 Å². The molecule has 0 unspecified atom stereocenters. The smallest absolute Gasteiger partial charge is 0.550 e. The van der Waals surface area contributed by atoms with Gasteiger partial charge in [-0.1, -0.05) is 0 Å². The quantitative estimate of drug-likeness (QED) is 0.448. The Kier molecular flexibility index (Phi) is 62.7. The van der Waals surface area contributed by atoms with Crippen LogP contribution < -0.4 is 124 Å². The van der Waals surface area contributed by atoms with Gasteiger partial charge in [0.15, 0.2) is 0 Å². The van der Waals surface area contributed by atoms with E-state index in [9.17, 15) is 0 Å². The van der Waals surface area contributed by atoms with Gasteiger partial charge < -0.3 is 31.3 Å². The van der Waals surface area contributed by atoms with E-state index in [0.717, 1.165) is 13.8 Å². The zero-order valence-corrected chi connectivity index (χ0v) is 15.4. The molecule has 0 aromatic rings. The first kappa shape index (κ1) is 29.8. The van der Waals surface area contributed by atoms with Gasteiger partial charge in [0.25, 0.3) is 0 Å². The number of carboxylic acids is 2. The molecule has 0 radical (unpaired) electrons. The average molecular weight is 256 g/mol. The molecule has 0 aliphatic carbocycles. The summed E-state index contributed by atoms with van der Waals surface area (Å²) in [5.74, 6) is -2.17. The summed E-state index contributed by atoms with van der Waals surface area (Å²) in [6.07, 6.45) is 0. The summed E-state index contributed by atoms with van der Waals surface area (Å²) < 4.78 is 0. The number of hydrogen-bond acceptors (Lipinski definition) is 6. The predicted molar refractivity (Wildman–Crippen MR) is 39.5 cm³/mol. The van der Waals surface area contributed by atoms with Gasteiger partial charge in [0, 0.05) is 25.0 Å². The van der Waals surface area contributed by atoms with Gasteiger partial charge in [-0.25, -0.2) is 0 Å². The van der Waals surface area contributed by atoms with Crippen LogP contribution in [0.2, 0.25) is 0 Å². The minimum Gasteiger partial charge on any atom is -0.550 e. The molecular weight excluding hydrogens is 242 g/mol. The standard InChI is InChI=1S/C2H8N2.2C2H4O2.2K/c3-1-2-4;2*1-2(3)4;;/h1-4H2;2*1H3,(H,3,4);;/q;;;2*+1/p-2. The molecule has 4 N–H and O–H groups in total. The van der Waals surface area contributed by atoms with Crippen molar-refractivity contribution in [1.29, 1.82) is 0 Å². The van der Waals surface area contributed by atoms with Gasteiger partial charge in [0.2, 0.25) is 0 Å². The molecule has 0 bridgehead atoms. The molecule has 0 amide bonds. The number of nitrogens with two attached hydrogens (primary N) is 2. The fourth-order valence-corrected chi connectivity index (χ4v) is 0. The number of carbonyl (C=O) groups excluding carboxylic acids is 2. The van der Waals surface area contributed by atoms with Crippen LogP contribution in [-0.4, -0.2) is 25.0 Å². The van der Waals surface area contributed by atoms with E-state index in [1.54, 1.807) is 0 Å². The maximum Gasteiger partial charge on any atom is 1.00 e. The van der Waals surface area contributed by atoms with Gasteiger partial charge in [0.1, 0.15) is 0 Å². The topological polar surface area (TPSA) is 132 Å². The fourth-order valence-electron chi connectivity index (χ4n) is 0. The molecule has 0 heterocycles. The maximum absolute atomic E-state index is 8.89. The Morgan fingerprint density at radius 1 is 0.929 bits per heavy atom. The number of aliphatic carboxylic acids is 2. The first-order valence-electron chi connectivity index (χ1n) is 3.13. The van der Waals surface area contributed by atoms with Crippen molar-refractivity contribution in [3.8, 4) is 0 Å². The molecule has 0 spiro atoms. The molecule has 0 aliphatic rings. The molecule has 0 aliphatic heterocycles. The van der Waals surface area contributed by atoms with E-state index in [-0.39, 0.29) is 103 Å². The van der Waals surface area contributed by atoms with Crippen LogP contribution in [0, 0.1) is 0 Å². The van der Waals surface area contributed by atoms with Crippen molar-refractivity contribution in [3.63, 3.8) is 0 Å². The minimum atomic E-state index is -1.08. The van der Waals surface area contributed by atoms with Gasteiger partial charge in [0.05, 0.1) is 0 Å². The summed E-state index contributed by atoms with van der Waals surface area (Å²) in [6.45, 7) is 3.14. The molecule has 0 aromatic heterocycles. The monoisotopic (exact) mass is 256 g/mol. The molecule has 0 saturated heterocycles. The Hall–Kier alpha value is 2.13. The molecule has 74 valence electrons. The van der Waals surface area contributed by atoms with Crippen LogP contribution in [0.15, 0.2) is 0 Å². The Labute approximate surface area is 169 Å². The van der Waals surface area contributed by atoms with Crippen LogP contribution in [0.3, 0.4) is 0 Å². The van der Waals surface area contributed by atoms with Crippen molar-refractivity contribution in [3.05, 3.63) is 0 Å². The minimum absolute atomic E-state index is 0. The summed E-state index contributed by atoms with van der Waals surface area (Å²) in [5, 5.41) is 17.8. The zero-order valence-electron chi connectivity index (χ0n) is 9.20. The Bertz CT molecular complexity index is 102. The molecule has 0 atom stereocenters. The van der Waals surface area contributed by atoms with Crippen LogP contribution in [0.1, 0.15) is 13.8 Å². The third-order valence-electron chi connectivity index (χ3n) is 0.167. The SMILES string of the molecule is CC(=O)[O-].CC(=O)[O-].NCCN.[K+].[K+]. The predicted octanol–water partition coefficient (Wildman–Crippen LogP) is -9.58. The number of carbonyl (C=O) groups is 2. The van der Waals surface area contributed by atoms with Gasteiger partial charge >= 0.3 is 103 Å². The van der Waals surface area contributed by atoms with Gasteiger partial charge in [-0.05, 0) is 13.8 Å². The first-order chi connectivity index (χ1) is 5.38. The van der Waals surface area contributed by atoms with E-state index in [0.29, 0.717) is 13.1 Å². The summed E-state index contributed by atoms with van der Waals surface area (Å²) in [7, 11) is 0. The molecule has 14 heavy (non-hydrogen) atoms. The summed E-state index contributed by atoms with van der Waals surface area (Å²) in [6, 6.07) is 0. The van der Waals surface area contributed by atoms with Crippen molar-refractivity contribution >= 4 is 11.9 Å². The Balaban J connectivity index is -0.0000000270. The second-order valence-electron chi connectivity index (χ2n) is 1.56. The van der Waals surface area contributed by atoms with E-state index in [1.807, 2.05) is 0 Å². The molecule has 6 nitrogen and oxygen atoms in total. The zero-order chi connectivity index (χ0) is 10.6. The molecular formula is C6H14K2N2O4. The Morgan fingerprint density at radius 2 is 1.00 bits per heavy atom. The van der Waals surface area contributed by atoms with Crippen molar-refractivity contribution in [1.82, 2.24) is 0 Å². The summed E-state index contributed by atoms with van der Waals surface area (Å²) in [5.41, 5.74) is 9.81.